The summed E-state index contributed by atoms with van der Waals surface area (Å²) in [6.07, 6.45) is 12.8. The van der Waals surface area contributed by atoms with Crippen LogP contribution in [0.2, 0.25) is 0 Å². The van der Waals surface area contributed by atoms with Crippen LogP contribution in [0.4, 0.5) is 0 Å². The Morgan fingerprint density at radius 2 is 1.69 bits per heavy atom. The molecule has 0 spiro atoms. The number of rotatable bonds is 1. The molecule has 16 heavy (non-hydrogen) atoms. The van der Waals surface area contributed by atoms with Gasteiger partial charge < -0.3 is 5.73 Å². The van der Waals surface area contributed by atoms with Crippen LogP contribution >= 0.6 is 0 Å². The third-order valence-electron chi connectivity index (χ3n) is 5.20. The van der Waals surface area contributed by atoms with E-state index >= 15 is 0 Å². The molecule has 0 radical (unpaired) electrons. The van der Waals surface area contributed by atoms with Crippen LogP contribution in [0, 0.1) is 5.92 Å². The fourth-order valence-corrected chi connectivity index (χ4v) is 4.41. The zero-order valence-electron chi connectivity index (χ0n) is 10.4. The van der Waals surface area contributed by atoms with E-state index in [1.165, 1.54) is 64.3 Å². The van der Waals surface area contributed by atoms with Gasteiger partial charge in [0.25, 0.3) is 0 Å². The van der Waals surface area contributed by atoms with Crippen molar-refractivity contribution in [1.82, 2.24) is 4.90 Å². The van der Waals surface area contributed by atoms with Gasteiger partial charge in [-0.15, -0.1) is 0 Å². The summed E-state index contributed by atoms with van der Waals surface area (Å²) in [6.45, 7) is 1.36. The van der Waals surface area contributed by atoms with Crippen molar-refractivity contribution < 1.29 is 0 Å². The molecular formula is C14H26N2. The molecule has 0 aromatic rings. The molecular weight excluding hydrogens is 196 g/mol. The molecule has 0 aromatic carbocycles. The molecule has 4 unspecified atom stereocenters. The van der Waals surface area contributed by atoms with Crippen LogP contribution in [0.1, 0.15) is 57.8 Å². The van der Waals surface area contributed by atoms with Gasteiger partial charge in [0.2, 0.25) is 0 Å². The first-order valence-electron chi connectivity index (χ1n) is 7.36. The molecule has 2 N–H and O–H groups in total. The van der Waals surface area contributed by atoms with Gasteiger partial charge in [0.1, 0.15) is 0 Å². The van der Waals surface area contributed by atoms with Gasteiger partial charge in [-0.2, -0.15) is 0 Å². The van der Waals surface area contributed by atoms with E-state index in [4.69, 9.17) is 5.73 Å². The maximum atomic E-state index is 6.07. The quantitative estimate of drug-likeness (QED) is 0.738. The molecule has 3 rings (SSSR count). The molecule has 92 valence electrons. The minimum atomic E-state index is 0.494. The van der Waals surface area contributed by atoms with Crippen molar-refractivity contribution in [2.75, 3.05) is 6.54 Å². The van der Waals surface area contributed by atoms with Gasteiger partial charge >= 0.3 is 0 Å². The lowest BCUT2D eigenvalue weighted by atomic mass is 9.77. The summed E-state index contributed by atoms with van der Waals surface area (Å²) in [6, 6.07) is 2.26. The highest BCUT2D eigenvalue weighted by atomic mass is 15.2. The number of hydrogen-bond acceptors (Lipinski definition) is 2. The molecule has 4 atom stereocenters. The van der Waals surface area contributed by atoms with E-state index in [9.17, 15) is 0 Å². The van der Waals surface area contributed by atoms with Gasteiger partial charge in [-0.25, -0.2) is 0 Å². The monoisotopic (exact) mass is 222 g/mol. The minimum absolute atomic E-state index is 0.494. The molecule has 1 saturated heterocycles. The number of fused-ring (bicyclic) bond motifs is 1. The van der Waals surface area contributed by atoms with Crippen molar-refractivity contribution >= 4 is 0 Å². The predicted octanol–water partition coefficient (Wildman–Crippen LogP) is 2.52. The Bertz CT molecular complexity index is 239. The Balaban J connectivity index is 1.68. The zero-order chi connectivity index (χ0) is 11.0. The summed E-state index contributed by atoms with van der Waals surface area (Å²) < 4.78 is 0. The average Bonchev–Trinajstić information content (AvgIpc) is 2.75. The van der Waals surface area contributed by atoms with Gasteiger partial charge in [0.15, 0.2) is 0 Å². The van der Waals surface area contributed by atoms with E-state index in [0.29, 0.717) is 6.04 Å². The van der Waals surface area contributed by atoms with Gasteiger partial charge in [-0.05, 0) is 57.4 Å². The summed E-state index contributed by atoms with van der Waals surface area (Å²) in [7, 11) is 0. The molecule has 2 heteroatoms. The number of hydrogen-bond donors (Lipinski definition) is 1. The van der Waals surface area contributed by atoms with Crippen molar-refractivity contribution in [3.05, 3.63) is 0 Å². The van der Waals surface area contributed by atoms with Gasteiger partial charge in [-0.1, -0.05) is 12.8 Å². The summed E-state index contributed by atoms with van der Waals surface area (Å²) in [5.41, 5.74) is 6.07. The normalized spacial score (nSPS) is 45.6. The van der Waals surface area contributed by atoms with Crippen LogP contribution in [0.3, 0.4) is 0 Å². The molecule has 3 fully saturated rings. The lowest BCUT2D eigenvalue weighted by molar-refractivity contribution is 0.0274. The van der Waals surface area contributed by atoms with Crippen molar-refractivity contribution in [2.24, 2.45) is 11.7 Å². The van der Waals surface area contributed by atoms with Crippen molar-refractivity contribution in [1.29, 1.82) is 0 Å². The largest absolute Gasteiger partial charge is 0.328 e. The molecule has 0 aromatic heterocycles. The smallest absolute Gasteiger partial charge is 0.0126 e. The van der Waals surface area contributed by atoms with E-state index < -0.39 is 0 Å². The second kappa shape index (κ2) is 4.66. The zero-order valence-corrected chi connectivity index (χ0v) is 10.4. The van der Waals surface area contributed by atoms with E-state index in [2.05, 4.69) is 4.90 Å². The van der Waals surface area contributed by atoms with Crippen LogP contribution in [0.5, 0.6) is 0 Å². The van der Waals surface area contributed by atoms with Crippen molar-refractivity contribution in [2.45, 2.75) is 75.9 Å². The molecule has 0 bridgehead atoms. The highest BCUT2D eigenvalue weighted by molar-refractivity contribution is 4.94. The van der Waals surface area contributed by atoms with Crippen LogP contribution in [0.15, 0.2) is 0 Å². The van der Waals surface area contributed by atoms with Crippen molar-refractivity contribution in [3.63, 3.8) is 0 Å². The molecule has 2 aliphatic carbocycles. The third-order valence-corrected chi connectivity index (χ3v) is 5.20. The lowest BCUT2D eigenvalue weighted by Gasteiger charge is -2.47. The first kappa shape index (κ1) is 11.0. The first-order chi connectivity index (χ1) is 7.84. The predicted molar refractivity (Wildman–Crippen MR) is 67.3 cm³/mol. The van der Waals surface area contributed by atoms with Gasteiger partial charge in [-0.3, -0.25) is 4.90 Å². The van der Waals surface area contributed by atoms with Gasteiger partial charge in [0, 0.05) is 18.1 Å². The summed E-state index contributed by atoms with van der Waals surface area (Å²) >= 11 is 0. The Hall–Kier alpha value is -0.0800. The maximum Gasteiger partial charge on any atom is 0.0126 e. The first-order valence-corrected chi connectivity index (χ1v) is 7.36. The summed E-state index contributed by atoms with van der Waals surface area (Å²) in [4.78, 5) is 2.86. The van der Waals surface area contributed by atoms with Crippen LogP contribution < -0.4 is 5.73 Å². The Morgan fingerprint density at radius 3 is 2.50 bits per heavy atom. The van der Waals surface area contributed by atoms with E-state index in [1.54, 1.807) is 0 Å². The molecule has 2 nitrogen and oxygen atoms in total. The number of nitrogens with two attached hydrogens (primary N) is 1. The van der Waals surface area contributed by atoms with E-state index in [1.807, 2.05) is 0 Å². The number of likely N-dealkylation sites (tertiary alicyclic amines) is 1. The second-order valence-electron chi connectivity index (χ2n) is 6.22. The molecule has 0 amide bonds. The van der Waals surface area contributed by atoms with Crippen LogP contribution in [0.25, 0.3) is 0 Å². The van der Waals surface area contributed by atoms with Crippen LogP contribution in [-0.4, -0.2) is 29.6 Å². The SMILES string of the molecule is NC1CCC(N2CCCC3CCCCC32)C1. The Morgan fingerprint density at radius 1 is 0.875 bits per heavy atom. The van der Waals surface area contributed by atoms with E-state index in [0.717, 1.165) is 18.0 Å². The number of piperidine rings is 1. The van der Waals surface area contributed by atoms with Crippen LogP contribution in [-0.2, 0) is 0 Å². The van der Waals surface area contributed by atoms with Crippen molar-refractivity contribution in [3.8, 4) is 0 Å². The molecule has 2 saturated carbocycles. The third kappa shape index (κ3) is 2.02. The summed E-state index contributed by atoms with van der Waals surface area (Å²) in [5, 5.41) is 0. The fraction of sp³-hybridized carbons (Fsp3) is 1.00. The molecule has 3 aliphatic rings. The highest BCUT2D eigenvalue weighted by Gasteiger charge is 2.38. The topological polar surface area (TPSA) is 29.3 Å². The summed E-state index contributed by atoms with van der Waals surface area (Å²) in [5.74, 6) is 1.03. The molecule has 1 aliphatic heterocycles. The standard InChI is InChI=1S/C14H26N2/c15-12-7-8-13(10-12)16-9-3-5-11-4-1-2-6-14(11)16/h11-14H,1-10,15H2. The number of nitrogens with zero attached hydrogens (tertiary/aromatic N) is 1. The van der Waals surface area contributed by atoms with Gasteiger partial charge in [0.05, 0.1) is 0 Å². The Kier molecular flexibility index (Phi) is 3.21. The average molecular weight is 222 g/mol. The lowest BCUT2D eigenvalue weighted by Crippen LogP contribution is -2.51. The molecule has 1 heterocycles. The second-order valence-corrected chi connectivity index (χ2v) is 6.22. The Labute approximate surface area is 99.6 Å². The minimum Gasteiger partial charge on any atom is -0.328 e. The highest BCUT2D eigenvalue weighted by Crippen LogP contribution is 2.38. The fourth-order valence-electron chi connectivity index (χ4n) is 4.41. The van der Waals surface area contributed by atoms with E-state index in [-0.39, 0.29) is 0 Å². The maximum absolute atomic E-state index is 6.07.